The fourth-order valence-corrected chi connectivity index (χ4v) is 4.37. The van der Waals surface area contributed by atoms with E-state index in [1.54, 1.807) is 20.4 Å². The fraction of sp³-hybridized carbons (Fsp3) is 0.370. The number of hydrogen-bond acceptors (Lipinski definition) is 6. The molecule has 174 valence electrons. The summed E-state index contributed by atoms with van der Waals surface area (Å²) >= 11 is 0. The van der Waals surface area contributed by atoms with E-state index in [0.717, 1.165) is 60.4 Å². The Morgan fingerprint density at radius 3 is 2.52 bits per heavy atom. The number of nitrogens with one attached hydrogen (secondary N) is 1. The maximum absolute atomic E-state index is 11.0. The first-order valence-corrected chi connectivity index (χ1v) is 11.5. The van der Waals surface area contributed by atoms with Crippen LogP contribution in [-0.4, -0.2) is 61.4 Å². The van der Waals surface area contributed by atoms with Gasteiger partial charge in [-0.3, -0.25) is 4.98 Å². The lowest BCUT2D eigenvalue weighted by Gasteiger charge is -2.33. The van der Waals surface area contributed by atoms with E-state index in [4.69, 9.17) is 9.47 Å². The molecule has 0 saturated carbocycles. The van der Waals surface area contributed by atoms with E-state index in [1.807, 2.05) is 36.4 Å². The smallest absolute Gasteiger partial charge is 0.119 e. The standard InChI is InChI=1S/C27H33N3O3/c1-32-22-7-5-20(6-8-22)4-3-14-28-21-12-16-30(17-13-21)19-27(31)24-11-15-29-26-10-9-23(33-2)18-25(24)26/h3-11,15,18,21,27-28,31H,12-14,16-17,19H2,1-2H3/t27-/m0/s1. The summed E-state index contributed by atoms with van der Waals surface area (Å²) in [6.45, 7) is 3.43. The van der Waals surface area contributed by atoms with Crippen molar-refractivity contribution in [2.24, 2.45) is 0 Å². The molecule has 1 saturated heterocycles. The molecule has 1 aliphatic heterocycles. The van der Waals surface area contributed by atoms with Gasteiger partial charge in [-0.1, -0.05) is 24.3 Å². The third-order valence-corrected chi connectivity index (χ3v) is 6.31. The van der Waals surface area contributed by atoms with E-state index >= 15 is 0 Å². The Balaban J connectivity index is 1.24. The van der Waals surface area contributed by atoms with Gasteiger partial charge < -0.3 is 24.8 Å². The molecule has 1 fully saturated rings. The van der Waals surface area contributed by atoms with E-state index in [1.165, 1.54) is 5.56 Å². The van der Waals surface area contributed by atoms with Gasteiger partial charge in [0.15, 0.2) is 0 Å². The molecule has 1 atom stereocenters. The van der Waals surface area contributed by atoms with Gasteiger partial charge >= 0.3 is 0 Å². The van der Waals surface area contributed by atoms with Gasteiger partial charge in [-0.2, -0.15) is 0 Å². The topological polar surface area (TPSA) is 66.9 Å². The van der Waals surface area contributed by atoms with Crippen molar-refractivity contribution < 1.29 is 14.6 Å². The molecule has 2 heterocycles. The van der Waals surface area contributed by atoms with Gasteiger partial charge in [0.05, 0.1) is 25.8 Å². The number of piperidine rings is 1. The van der Waals surface area contributed by atoms with Gasteiger partial charge in [-0.25, -0.2) is 0 Å². The second-order valence-electron chi connectivity index (χ2n) is 8.46. The van der Waals surface area contributed by atoms with Crippen molar-refractivity contribution in [1.29, 1.82) is 0 Å². The second kappa shape index (κ2) is 11.3. The highest BCUT2D eigenvalue weighted by atomic mass is 16.5. The van der Waals surface area contributed by atoms with Gasteiger partial charge in [0.25, 0.3) is 0 Å². The minimum atomic E-state index is -0.556. The van der Waals surface area contributed by atoms with Crippen LogP contribution in [-0.2, 0) is 0 Å². The summed E-state index contributed by atoms with van der Waals surface area (Å²) in [7, 11) is 3.33. The first-order chi connectivity index (χ1) is 16.2. The van der Waals surface area contributed by atoms with Gasteiger partial charge in [-0.15, -0.1) is 0 Å². The SMILES string of the molecule is COc1ccc(C=CCNC2CCN(C[C@H](O)c3ccnc4ccc(OC)cc34)CC2)cc1. The van der Waals surface area contributed by atoms with Crippen LogP contribution in [0.25, 0.3) is 17.0 Å². The summed E-state index contributed by atoms with van der Waals surface area (Å²) in [6, 6.07) is 16.3. The molecule has 6 heteroatoms. The number of β-amino-alcohol motifs (C(OH)–C–C–N with tert-alkyl or cyclic N) is 1. The van der Waals surface area contributed by atoms with Crippen molar-refractivity contribution in [3.05, 3.63) is 71.9 Å². The van der Waals surface area contributed by atoms with E-state index in [2.05, 4.69) is 39.5 Å². The lowest BCUT2D eigenvalue weighted by atomic mass is 10.0. The van der Waals surface area contributed by atoms with Crippen molar-refractivity contribution in [3.8, 4) is 11.5 Å². The van der Waals surface area contributed by atoms with Crippen molar-refractivity contribution in [2.45, 2.75) is 25.0 Å². The Kier molecular flexibility index (Phi) is 7.94. The average molecular weight is 448 g/mol. The number of aromatic nitrogens is 1. The summed E-state index contributed by atoms with van der Waals surface area (Å²) in [6.07, 6.45) is 7.66. The highest BCUT2D eigenvalue weighted by Gasteiger charge is 2.22. The number of ether oxygens (including phenoxy) is 2. The Hall–Kier alpha value is -2.93. The molecule has 0 bridgehead atoms. The zero-order valence-electron chi connectivity index (χ0n) is 19.4. The monoisotopic (exact) mass is 447 g/mol. The van der Waals surface area contributed by atoms with E-state index < -0.39 is 6.10 Å². The number of benzene rings is 2. The third kappa shape index (κ3) is 6.11. The van der Waals surface area contributed by atoms with Gasteiger partial charge in [0.2, 0.25) is 0 Å². The van der Waals surface area contributed by atoms with Gasteiger partial charge in [0, 0.05) is 30.7 Å². The maximum atomic E-state index is 11.0. The molecular weight excluding hydrogens is 414 g/mol. The molecule has 1 aromatic heterocycles. The van der Waals surface area contributed by atoms with Gasteiger partial charge in [0.1, 0.15) is 11.5 Å². The molecule has 3 aromatic rings. The molecule has 0 radical (unpaired) electrons. The number of fused-ring (bicyclic) bond motifs is 1. The number of likely N-dealkylation sites (tertiary alicyclic amines) is 1. The third-order valence-electron chi connectivity index (χ3n) is 6.31. The minimum absolute atomic E-state index is 0.505. The van der Waals surface area contributed by atoms with Crippen LogP contribution in [0.15, 0.2) is 60.8 Å². The minimum Gasteiger partial charge on any atom is -0.497 e. The average Bonchev–Trinajstić information content (AvgIpc) is 2.87. The van der Waals surface area contributed by atoms with Crippen molar-refractivity contribution in [3.63, 3.8) is 0 Å². The van der Waals surface area contributed by atoms with Crippen LogP contribution in [0.1, 0.15) is 30.1 Å². The molecule has 6 nitrogen and oxygen atoms in total. The second-order valence-corrected chi connectivity index (χ2v) is 8.46. The quantitative estimate of drug-likeness (QED) is 0.516. The summed E-state index contributed by atoms with van der Waals surface area (Å²) in [5.41, 5.74) is 2.95. The fourth-order valence-electron chi connectivity index (χ4n) is 4.37. The highest BCUT2D eigenvalue weighted by Crippen LogP contribution is 2.27. The lowest BCUT2D eigenvalue weighted by Crippen LogP contribution is -2.43. The predicted molar refractivity (Wildman–Crippen MR) is 133 cm³/mol. The number of pyridine rings is 1. The molecule has 0 amide bonds. The summed E-state index contributed by atoms with van der Waals surface area (Å²) in [4.78, 5) is 6.77. The molecule has 33 heavy (non-hydrogen) atoms. The van der Waals surface area contributed by atoms with Crippen LogP contribution in [0, 0.1) is 0 Å². The molecule has 4 rings (SSSR count). The molecular formula is C27H33N3O3. The van der Waals surface area contributed by atoms with Crippen molar-refractivity contribution in [2.75, 3.05) is 40.4 Å². The largest absolute Gasteiger partial charge is 0.497 e. The number of methoxy groups -OCH3 is 2. The zero-order chi connectivity index (χ0) is 23.0. The van der Waals surface area contributed by atoms with Crippen molar-refractivity contribution >= 4 is 17.0 Å². The molecule has 1 aliphatic rings. The van der Waals surface area contributed by atoms with E-state index in [9.17, 15) is 5.11 Å². The summed E-state index contributed by atoms with van der Waals surface area (Å²) in [5, 5.41) is 15.6. The van der Waals surface area contributed by atoms with Crippen LogP contribution in [0.4, 0.5) is 0 Å². The Morgan fingerprint density at radius 2 is 1.79 bits per heavy atom. The molecule has 0 spiro atoms. The maximum Gasteiger partial charge on any atom is 0.119 e. The van der Waals surface area contributed by atoms with E-state index in [-0.39, 0.29) is 0 Å². The normalized spacial score (nSPS) is 16.3. The number of aliphatic hydroxyl groups excluding tert-OH is 1. The van der Waals surface area contributed by atoms with Crippen LogP contribution in [0.5, 0.6) is 11.5 Å². The predicted octanol–water partition coefficient (Wildman–Crippen LogP) is 4.05. The van der Waals surface area contributed by atoms with Crippen LogP contribution in [0.3, 0.4) is 0 Å². The molecule has 0 aliphatic carbocycles. The lowest BCUT2D eigenvalue weighted by molar-refractivity contribution is 0.0955. The van der Waals surface area contributed by atoms with E-state index in [0.29, 0.717) is 12.6 Å². The van der Waals surface area contributed by atoms with Crippen LogP contribution >= 0.6 is 0 Å². The molecule has 2 N–H and O–H groups in total. The highest BCUT2D eigenvalue weighted by molar-refractivity contribution is 5.83. The number of rotatable bonds is 9. The first kappa shape index (κ1) is 23.2. The van der Waals surface area contributed by atoms with Crippen LogP contribution < -0.4 is 14.8 Å². The first-order valence-electron chi connectivity index (χ1n) is 11.5. The van der Waals surface area contributed by atoms with Gasteiger partial charge in [-0.05, 0) is 73.5 Å². The Labute approximate surface area is 195 Å². The number of aliphatic hydroxyl groups is 1. The molecule has 2 aromatic carbocycles. The van der Waals surface area contributed by atoms with Crippen LogP contribution in [0.2, 0.25) is 0 Å². The van der Waals surface area contributed by atoms with Crippen molar-refractivity contribution in [1.82, 2.24) is 15.2 Å². The Morgan fingerprint density at radius 1 is 1.06 bits per heavy atom. The zero-order valence-corrected chi connectivity index (χ0v) is 19.4. The molecule has 0 unspecified atom stereocenters. The number of nitrogens with zero attached hydrogens (tertiary/aromatic N) is 2. The number of hydrogen-bond donors (Lipinski definition) is 2. The summed E-state index contributed by atoms with van der Waals surface area (Å²) in [5.74, 6) is 1.65. The summed E-state index contributed by atoms with van der Waals surface area (Å²) < 4.78 is 10.6. The Bertz CT molecular complexity index is 1060.